The van der Waals surface area contributed by atoms with Crippen LogP contribution in [0.3, 0.4) is 0 Å². The fourth-order valence-corrected chi connectivity index (χ4v) is 2.68. The number of pyridine rings is 1. The van der Waals surface area contributed by atoms with Crippen LogP contribution < -0.4 is 5.43 Å². The number of benzene rings is 1. The first-order valence-electron chi connectivity index (χ1n) is 7.85. The molecule has 2 aromatic rings. The molecular weight excluding hydrogens is 288 g/mol. The number of aryl methyl sites for hydroxylation is 1. The molecule has 1 aliphatic heterocycles. The van der Waals surface area contributed by atoms with Gasteiger partial charge in [-0.25, -0.2) is 0 Å². The van der Waals surface area contributed by atoms with E-state index in [0.29, 0.717) is 0 Å². The summed E-state index contributed by atoms with van der Waals surface area (Å²) in [5.74, 6) is 0.924. The van der Waals surface area contributed by atoms with Crippen molar-refractivity contribution >= 4 is 11.5 Å². The maximum absolute atomic E-state index is 5.47. The fourth-order valence-electron chi connectivity index (χ4n) is 2.68. The van der Waals surface area contributed by atoms with Crippen LogP contribution in [0, 0.1) is 6.92 Å². The Balaban J connectivity index is 1.83. The highest BCUT2D eigenvalue weighted by molar-refractivity contribution is 5.99. The van der Waals surface area contributed by atoms with Gasteiger partial charge in [0.2, 0.25) is 0 Å². The van der Waals surface area contributed by atoms with E-state index in [9.17, 15) is 0 Å². The van der Waals surface area contributed by atoms with Crippen LogP contribution in [-0.2, 0) is 4.74 Å². The van der Waals surface area contributed by atoms with Crippen molar-refractivity contribution in [2.45, 2.75) is 19.4 Å². The highest BCUT2D eigenvalue weighted by Gasteiger charge is 2.25. The molecule has 1 atom stereocenters. The van der Waals surface area contributed by atoms with Gasteiger partial charge in [0.1, 0.15) is 0 Å². The lowest BCUT2D eigenvalue weighted by Crippen LogP contribution is -2.31. The van der Waals surface area contributed by atoms with Crippen molar-refractivity contribution < 1.29 is 4.74 Å². The van der Waals surface area contributed by atoms with Crippen molar-refractivity contribution in [3.05, 3.63) is 59.9 Å². The van der Waals surface area contributed by atoms with E-state index in [-0.39, 0.29) is 6.10 Å². The van der Waals surface area contributed by atoms with Crippen molar-refractivity contribution in [1.29, 1.82) is 0 Å². The molecular formula is C18H22N4O. The SMILES string of the molecule is COC1CCN(/C(=N/Nc2ccc(C)cc2)c2ccncc2)C1. The third kappa shape index (κ3) is 3.87. The molecule has 1 aromatic carbocycles. The minimum atomic E-state index is 0.265. The van der Waals surface area contributed by atoms with E-state index in [4.69, 9.17) is 4.74 Å². The van der Waals surface area contributed by atoms with E-state index in [1.807, 2.05) is 24.3 Å². The van der Waals surface area contributed by atoms with E-state index in [2.05, 4.69) is 39.5 Å². The van der Waals surface area contributed by atoms with Crippen LogP contribution in [0.25, 0.3) is 0 Å². The minimum Gasteiger partial charge on any atom is -0.380 e. The van der Waals surface area contributed by atoms with Crippen molar-refractivity contribution in [3.8, 4) is 0 Å². The predicted octanol–water partition coefficient (Wildman–Crippen LogP) is 2.88. The Labute approximate surface area is 137 Å². The number of likely N-dealkylation sites (tertiary alicyclic amines) is 1. The number of aromatic nitrogens is 1. The van der Waals surface area contributed by atoms with E-state index in [0.717, 1.165) is 36.6 Å². The standard InChI is InChI=1S/C18H22N4O/c1-14-3-5-16(6-4-14)20-21-18(15-7-10-19-11-8-15)22-12-9-17(13-22)23-2/h3-8,10-11,17,20H,9,12-13H2,1-2H3/b21-18+. The van der Waals surface area contributed by atoms with E-state index in [1.54, 1.807) is 19.5 Å². The largest absolute Gasteiger partial charge is 0.380 e. The first-order chi connectivity index (χ1) is 11.3. The average molecular weight is 310 g/mol. The molecule has 120 valence electrons. The van der Waals surface area contributed by atoms with Crippen LogP contribution in [-0.4, -0.2) is 42.0 Å². The Morgan fingerprint density at radius 2 is 1.96 bits per heavy atom. The van der Waals surface area contributed by atoms with E-state index in [1.165, 1.54) is 5.56 Å². The first-order valence-corrected chi connectivity index (χ1v) is 7.85. The third-order valence-electron chi connectivity index (χ3n) is 4.06. The summed E-state index contributed by atoms with van der Waals surface area (Å²) >= 11 is 0. The number of anilines is 1. The molecule has 0 radical (unpaired) electrons. The maximum Gasteiger partial charge on any atom is 0.156 e. The van der Waals surface area contributed by atoms with Crippen molar-refractivity contribution in [2.75, 3.05) is 25.6 Å². The van der Waals surface area contributed by atoms with Gasteiger partial charge in [-0.15, -0.1) is 0 Å². The van der Waals surface area contributed by atoms with Gasteiger partial charge in [0.05, 0.1) is 11.8 Å². The van der Waals surface area contributed by atoms with Crippen molar-refractivity contribution in [2.24, 2.45) is 5.10 Å². The summed E-state index contributed by atoms with van der Waals surface area (Å²) in [4.78, 5) is 6.35. The molecule has 5 nitrogen and oxygen atoms in total. The Hall–Kier alpha value is -2.40. The number of methoxy groups -OCH3 is 1. The van der Waals surface area contributed by atoms with Gasteiger partial charge in [-0.05, 0) is 37.6 Å². The second-order valence-corrected chi connectivity index (χ2v) is 5.74. The van der Waals surface area contributed by atoms with Gasteiger partial charge in [-0.3, -0.25) is 10.4 Å². The first kappa shape index (κ1) is 15.5. The summed E-state index contributed by atoms with van der Waals surface area (Å²) in [6, 6.07) is 12.2. The van der Waals surface area contributed by atoms with Gasteiger partial charge in [0.25, 0.3) is 0 Å². The zero-order valence-corrected chi connectivity index (χ0v) is 13.6. The Bertz CT molecular complexity index is 654. The zero-order chi connectivity index (χ0) is 16.1. The lowest BCUT2D eigenvalue weighted by atomic mass is 10.2. The van der Waals surface area contributed by atoms with Crippen LogP contribution in [0.2, 0.25) is 0 Å². The van der Waals surface area contributed by atoms with Gasteiger partial charge >= 0.3 is 0 Å². The molecule has 1 unspecified atom stereocenters. The van der Waals surface area contributed by atoms with Gasteiger partial charge < -0.3 is 9.64 Å². The molecule has 1 aromatic heterocycles. The number of nitrogens with one attached hydrogen (secondary N) is 1. The normalized spacial score (nSPS) is 18.3. The Morgan fingerprint density at radius 1 is 1.22 bits per heavy atom. The van der Waals surface area contributed by atoms with Crippen LogP contribution in [0.15, 0.2) is 53.9 Å². The molecule has 1 saturated heterocycles. The molecule has 0 bridgehead atoms. The number of rotatable bonds is 4. The fraction of sp³-hybridized carbons (Fsp3) is 0.333. The summed E-state index contributed by atoms with van der Waals surface area (Å²) in [5, 5.41) is 4.65. The van der Waals surface area contributed by atoms with Crippen LogP contribution in [0.5, 0.6) is 0 Å². The summed E-state index contributed by atoms with van der Waals surface area (Å²) in [7, 11) is 1.77. The molecule has 1 N–H and O–H groups in total. The van der Waals surface area contributed by atoms with Crippen LogP contribution in [0.1, 0.15) is 17.5 Å². The molecule has 0 aliphatic carbocycles. The average Bonchev–Trinajstić information content (AvgIpc) is 3.07. The second-order valence-electron chi connectivity index (χ2n) is 5.74. The smallest absolute Gasteiger partial charge is 0.156 e. The Kier molecular flexibility index (Phi) is 4.88. The summed E-state index contributed by atoms with van der Waals surface area (Å²) < 4.78 is 5.47. The number of ether oxygens (including phenoxy) is 1. The number of hydrogen-bond acceptors (Lipinski definition) is 4. The van der Waals surface area contributed by atoms with Crippen LogP contribution >= 0.6 is 0 Å². The Morgan fingerprint density at radius 3 is 2.61 bits per heavy atom. The molecule has 1 fully saturated rings. The van der Waals surface area contributed by atoms with Crippen molar-refractivity contribution in [1.82, 2.24) is 9.88 Å². The third-order valence-corrected chi connectivity index (χ3v) is 4.06. The number of amidine groups is 1. The molecule has 23 heavy (non-hydrogen) atoms. The summed E-state index contributed by atoms with van der Waals surface area (Å²) in [5.41, 5.74) is 6.43. The van der Waals surface area contributed by atoms with Gasteiger partial charge in [0.15, 0.2) is 5.84 Å². The predicted molar refractivity (Wildman–Crippen MR) is 92.6 cm³/mol. The molecule has 0 spiro atoms. The minimum absolute atomic E-state index is 0.265. The lowest BCUT2D eigenvalue weighted by Gasteiger charge is -2.21. The van der Waals surface area contributed by atoms with Gasteiger partial charge in [-0.2, -0.15) is 5.10 Å². The summed E-state index contributed by atoms with van der Waals surface area (Å²) in [6.45, 7) is 3.87. The number of hydrazone groups is 1. The van der Waals surface area contributed by atoms with E-state index < -0.39 is 0 Å². The number of nitrogens with zero attached hydrogens (tertiary/aromatic N) is 3. The topological polar surface area (TPSA) is 49.8 Å². The second kappa shape index (κ2) is 7.24. The quantitative estimate of drug-likeness (QED) is 0.536. The molecule has 5 heteroatoms. The highest BCUT2D eigenvalue weighted by Crippen LogP contribution is 2.17. The molecule has 0 saturated carbocycles. The molecule has 0 amide bonds. The number of hydrogen-bond donors (Lipinski definition) is 1. The van der Waals surface area contributed by atoms with E-state index >= 15 is 0 Å². The molecule has 3 rings (SSSR count). The van der Waals surface area contributed by atoms with Gasteiger partial charge in [0, 0.05) is 38.2 Å². The molecule has 2 heterocycles. The molecule has 1 aliphatic rings. The van der Waals surface area contributed by atoms with Crippen LogP contribution in [0.4, 0.5) is 5.69 Å². The van der Waals surface area contributed by atoms with Gasteiger partial charge in [-0.1, -0.05) is 17.7 Å². The maximum atomic E-state index is 5.47. The zero-order valence-electron chi connectivity index (χ0n) is 13.6. The summed E-state index contributed by atoms with van der Waals surface area (Å²) in [6.07, 6.45) is 4.87. The lowest BCUT2D eigenvalue weighted by molar-refractivity contribution is 0.114. The van der Waals surface area contributed by atoms with Crippen molar-refractivity contribution in [3.63, 3.8) is 0 Å². The highest BCUT2D eigenvalue weighted by atomic mass is 16.5. The monoisotopic (exact) mass is 310 g/mol.